The molecule has 0 amide bonds. The van der Waals surface area contributed by atoms with E-state index in [-0.39, 0.29) is 0 Å². The summed E-state index contributed by atoms with van der Waals surface area (Å²) < 4.78 is 0. The van der Waals surface area contributed by atoms with Crippen LogP contribution in [0.3, 0.4) is 0 Å². The molecule has 0 aromatic heterocycles. The topological polar surface area (TPSA) is 24.1 Å². The Morgan fingerprint density at radius 3 is 2.33 bits per heavy atom. The number of hydrogen-bond donors (Lipinski definition) is 2. The Morgan fingerprint density at radius 2 is 1.67 bits per heavy atom. The molecule has 0 aliphatic heterocycles. The Morgan fingerprint density at radius 1 is 0.944 bits per heavy atom. The Bertz CT molecular complexity index is 274. The van der Waals surface area contributed by atoms with Crippen molar-refractivity contribution in [3.8, 4) is 0 Å². The Balaban J connectivity index is 1.73. The summed E-state index contributed by atoms with van der Waals surface area (Å²) in [5.41, 5.74) is 0. The van der Waals surface area contributed by atoms with Crippen molar-refractivity contribution in [3.63, 3.8) is 0 Å². The Kier molecular flexibility index (Phi) is 5.28. The zero-order valence-electron chi connectivity index (χ0n) is 11.9. The van der Waals surface area contributed by atoms with Crippen LogP contribution >= 0.6 is 12.2 Å². The van der Waals surface area contributed by atoms with Crippen molar-refractivity contribution in [1.82, 2.24) is 10.6 Å². The van der Waals surface area contributed by atoms with Gasteiger partial charge in [-0.05, 0) is 56.2 Å². The van der Waals surface area contributed by atoms with Crippen LogP contribution in [0.1, 0.15) is 65.2 Å². The van der Waals surface area contributed by atoms with Crippen molar-refractivity contribution in [2.45, 2.75) is 77.3 Å². The van der Waals surface area contributed by atoms with E-state index >= 15 is 0 Å². The van der Waals surface area contributed by atoms with E-state index < -0.39 is 0 Å². The minimum absolute atomic E-state index is 0.588. The lowest BCUT2D eigenvalue weighted by Gasteiger charge is -2.35. The van der Waals surface area contributed by atoms with Crippen LogP contribution in [0.25, 0.3) is 0 Å². The van der Waals surface area contributed by atoms with Crippen molar-refractivity contribution in [2.75, 3.05) is 0 Å². The van der Waals surface area contributed by atoms with Gasteiger partial charge in [-0.15, -0.1) is 0 Å². The van der Waals surface area contributed by atoms with Crippen molar-refractivity contribution < 1.29 is 0 Å². The molecule has 2 aliphatic rings. The standard InChI is InChI=1S/C15H28N2S/c1-11-8-9-14(12(2)10-11)17-15(18)16-13-6-4-3-5-7-13/h11-14H,3-10H2,1-2H3,(H2,16,17,18). The summed E-state index contributed by atoms with van der Waals surface area (Å²) in [7, 11) is 0. The average Bonchev–Trinajstić information content (AvgIpc) is 2.34. The molecule has 3 heteroatoms. The third kappa shape index (κ3) is 4.11. The molecule has 18 heavy (non-hydrogen) atoms. The fourth-order valence-electron chi connectivity index (χ4n) is 3.52. The molecule has 2 aliphatic carbocycles. The van der Waals surface area contributed by atoms with Crippen LogP contribution in [-0.4, -0.2) is 17.2 Å². The molecule has 0 spiro atoms. The van der Waals surface area contributed by atoms with Gasteiger partial charge in [0.25, 0.3) is 0 Å². The first-order chi connectivity index (χ1) is 8.65. The first kappa shape index (κ1) is 14.1. The van der Waals surface area contributed by atoms with Crippen molar-refractivity contribution in [2.24, 2.45) is 11.8 Å². The summed E-state index contributed by atoms with van der Waals surface area (Å²) in [5, 5.41) is 7.97. The Labute approximate surface area is 117 Å². The zero-order valence-corrected chi connectivity index (χ0v) is 12.7. The average molecular weight is 268 g/mol. The molecule has 104 valence electrons. The van der Waals surface area contributed by atoms with E-state index in [9.17, 15) is 0 Å². The largest absolute Gasteiger partial charge is 0.360 e. The smallest absolute Gasteiger partial charge is 0.166 e. The van der Waals surface area contributed by atoms with E-state index in [4.69, 9.17) is 12.2 Å². The predicted molar refractivity (Wildman–Crippen MR) is 81.7 cm³/mol. The van der Waals surface area contributed by atoms with Gasteiger partial charge in [0.2, 0.25) is 0 Å². The van der Waals surface area contributed by atoms with Crippen LogP contribution in [0.5, 0.6) is 0 Å². The molecule has 0 saturated heterocycles. The predicted octanol–water partition coefficient (Wildman–Crippen LogP) is 3.61. The van der Waals surface area contributed by atoms with Crippen LogP contribution < -0.4 is 10.6 Å². The lowest BCUT2D eigenvalue weighted by atomic mass is 9.80. The molecule has 2 N–H and O–H groups in total. The van der Waals surface area contributed by atoms with Crippen LogP contribution in [0.4, 0.5) is 0 Å². The highest BCUT2D eigenvalue weighted by Crippen LogP contribution is 2.28. The van der Waals surface area contributed by atoms with Crippen LogP contribution in [0, 0.1) is 11.8 Å². The maximum atomic E-state index is 5.48. The van der Waals surface area contributed by atoms with Gasteiger partial charge in [0, 0.05) is 12.1 Å². The highest BCUT2D eigenvalue weighted by atomic mass is 32.1. The van der Waals surface area contributed by atoms with Crippen molar-refractivity contribution >= 4 is 17.3 Å². The second-order valence-corrected chi connectivity index (χ2v) is 6.86. The van der Waals surface area contributed by atoms with Gasteiger partial charge < -0.3 is 10.6 Å². The van der Waals surface area contributed by atoms with Gasteiger partial charge in [-0.3, -0.25) is 0 Å². The summed E-state index contributed by atoms with van der Waals surface area (Å²) in [6, 6.07) is 1.21. The second-order valence-electron chi connectivity index (χ2n) is 6.45. The monoisotopic (exact) mass is 268 g/mol. The van der Waals surface area contributed by atoms with Gasteiger partial charge in [-0.1, -0.05) is 33.1 Å². The maximum Gasteiger partial charge on any atom is 0.166 e. The minimum atomic E-state index is 0.588. The SMILES string of the molecule is CC1CCC(NC(=S)NC2CCCCC2)C(C)C1. The third-order valence-electron chi connectivity index (χ3n) is 4.69. The van der Waals surface area contributed by atoms with E-state index in [2.05, 4.69) is 24.5 Å². The van der Waals surface area contributed by atoms with Gasteiger partial charge in [-0.25, -0.2) is 0 Å². The number of rotatable bonds is 2. The van der Waals surface area contributed by atoms with Crippen LogP contribution in [0.15, 0.2) is 0 Å². The quantitative estimate of drug-likeness (QED) is 0.748. The highest BCUT2D eigenvalue weighted by Gasteiger charge is 2.26. The van der Waals surface area contributed by atoms with Gasteiger partial charge in [0.1, 0.15) is 0 Å². The minimum Gasteiger partial charge on any atom is -0.360 e. The van der Waals surface area contributed by atoms with E-state index in [0.29, 0.717) is 12.1 Å². The summed E-state index contributed by atoms with van der Waals surface area (Å²) in [6.45, 7) is 4.72. The van der Waals surface area contributed by atoms with Crippen molar-refractivity contribution in [1.29, 1.82) is 0 Å². The fraction of sp³-hybridized carbons (Fsp3) is 0.933. The summed E-state index contributed by atoms with van der Waals surface area (Å²) in [6.07, 6.45) is 10.6. The molecule has 2 saturated carbocycles. The lowest BCUT2D eigenvalue weighted by molar-refractivity contribution is 0.246. The molecule has 0 radical (unpaired) electrons. The van der Waals surface area contributed by atoms with E-state index in [1.54, 1.807) is 0 Å². The maximum absolute atomic E-state index is 5.48. The fourth-order valence-corrected chi connectivity index (χ4v) is 3.84. The number of thiocarbonyl (C=S) groups is 1. The molecule has 2 fully saturated rings. The molecule has 0 aromatic carbocycles. The Hall–Kier alpha value is -0.310. The lowest BCUT2D eigenvalue weighted by Crippen LogP contribution is -2.49. The van der Waals surface area contributed by atoms with E-state index in [0.717, 1.165) is 16.9 Å². The number of hydrogen-bond acceptors (Lipinski definition) is 1. The number of nitrogens with one attached hydrogen (secondary N) is 2. The molecular formula is C15H28N2S. The second kappa shape index (κ2) is 6.74. The molecule has 3 atom stereocenters. The first-order valence-corrected chi connectivity index (χ1v) is 8.13. The summed E-state index contributed by atoms with van der Waals surface area (Å²) in [4.78, 5) is 0. The van der Waals surface area contributed by atoms with Gasteiger partial charge in [0.05, 0.1) is 0 Å². The van der Waals surface area contributed by atoms with Crippen LogP contribution in [-0.2, 0) is 0 Å². The normalized spacial score (nSPS) is 34.0. The third-order valence-corrected chi connectivity index (χ3v) is 4.92. The van der Waals surface area contributed by atoms with E-state index in [1.807, 2.05) is 0 Å². The molecule has 0 heterocycles. The van der Waals surface area contributed by atoms with Crippen LogP contribution in [0.2, 0.25) is 0 Å². The molecule has 3 unspecified atom stereocenters. The van der Waals surface area contributed by atoms with E-state index in [1.165, 1.54) is 51.4 Å². The zero-order chi connectivity index (χ0) is 13.0. The van der Waals surface area contributed by atoms with Gasteiger partial charge in [0.15, 0.2) is 5.11 Å². The molecule has 0 aromatic rings. The summed E-state index contributed by atoms with van der Waals surface area (Å²) in [5.74, 6) is 1.64. The van der Waals surface area contributed by atoms with Gasteiger partial charge in [-0.2, -0.15) is 0 Å². The van der Waals surface area contributed by atoms with Gasteiger partial charge >= 0.3 is 0 Å². The molecular weight excluding hydrogens is 240 g/mol. The first-order valence-electron chi connectivity index (χ1n) is 7.72. The van der Waals surface area contributed by atoms with Crippen molar-refractivity contribution in [3.05, 3.63) is 0 Å². The highest BCUT2D eigenvalue weighted by molar-refractivity contribution is 7.80. The summed E-state index contributed by atoms with van der Waals surface area (Å²) >= 11 is 5.48. The molecule has 2 nitrogen and oxygen atoms in total. The molecule has 0 bridgehead atoms. The molecule has 2 rings (SSSR count).